The quantitative estimate of drug-likeness (QED) is 0.854. The van der Waals surface area contributed by atoms with Gasteiger partial charge in [0.15, 0.2) is 9.84 Å². The molecule has 2 rings (SSSR count). The summed E-state index contributed by atoms with van der Waals surface area (Å²) in [4.78, 5) is 0.242. The van der Waals surface area contributed by atoms with E-state index in [9.17, 15) is 8.42 Å². The Balaban J connectivity index is 2.54. The van der Waals surface area contributed by atoms with E-state index in [1.807, 2.05) is 6.07 Å². The molecule has 0 aromatic heterocycles. The smallest absolute Gasteiger partial charge is 0.182 e. The third kappa shape index (κ3) is 2.06. The molecule has 6 heteroatoms. The molecular formula is C11H12N2O3S. The van der Waals surface area contributed by atoms with Crippen LogP contribution in [-0.2, 0) is 9.84 Å². The first kappa shape index (κ1) is 11.7. The Labute approximate surface area is 99.9 Å². The molecule has 0 saturated heterocycles. The zero-order valence-electron chi connectivity index (χ0n) is 9.30. The molecule has 1 atom stereocenters. The van der Waals surface area contributed by atoms with Gasteiger partial charge in [-0.15, -0.1) is 0 Å². The van der Waals surface area contributed by atoms with E-state index in [1.54, 1.807) is 18.2 Å². The summed E-state index contributed by atoms with van der Waals surface area (Å²) in [6.07, 6.45) is 0.150. The summed E-state index contributed by atoms with van der Waals surface area (Å²) < 4.78 is 29.2. The van der Waals surface area contributed by atoms with Gasteiger partial charge in [0.2, 0.25) is 0 Å². The Kier molecular flexibility index (Phi) is 2.94. The third-order valence-corrected chi connectivity index (χ3v) is 4.50. The van der Waals surface area contributed by atoms with E-state index >= 15 is 0 Å². The molecular weight excluding hydrogens is 240 g/mol. The minimum absolute atomic E-state index is 0.0548. The molecule has 0 radical (unpaired) electrons. The third-order valence-electron chi connectivity index (χ3n) is 2.65. The second-order valence-corrected chi connectivity index (χ2v) is 5.82. The highest BCUT2D eigenvalue weighted by molar-refractivity contribution is 7.91. The number of para-hydroxylation sites is 1. The molecule has 0 spiro atoms. The predicted molar refractivity (Wildman–Crippen MR) is 62.7 cm³/mol. The minimum atomic E-state index is -3.34. The average Bonchev–Trinajstić information content (AvgIpc) is 2.28. The lowest BCUT2D eigenvalue weighted by Gasteiger charge is -2.26. The molecule has 0 bridgehead atoms. The van der Waals surface area contributed by atoms with Crippen LogP contribution in [0.2, 0.25) is 0 Å². The predicted octanol–water partition coefficient (Wildman–Crippen LogP) is 1.18. The van der Waals surface area contributed by atoms with E-state index in [1.165, 1.54) is 7.11 Å². The van der Waals surface area contributed by atoms with Gasteiger partial charge < -0.3 is 10.1 Å². The minimum Gasteiger partial charge on any atom is -0.495 e. The number of rotatable bonds is 2. The fourth-order valence-electron chi connectivity index (χ4n) is 1.90. The van der Waals surface area contributed by atoms with Gasteiger partial charge in [-0.25, -0.2) is 8.42 Å². The monoisotopic (exact) mass is 252 g/mol. The van der Waals surface area contributed by atoms with Crippen LogP contribution in [0.3, 0.4) is 0 Å². The number of anilines is 1. The van der Waals surface area contributed by atoms with Crippen LogP contribution in [0.4, 0.5) is 5.69 Å². The highest BCUT2D eigenvalue weighted by atomic mass is 32.2. The largest absolute Gasteiger partial charge is 0.495 e. The van der Waals surface area contributed by atoms with Crippen LogP contribution < -0.4 is 10.1 Å². The summed E-state index contributed by atoms with van der Waals surface area (Å²) in [6.45, 7) is 0. The summed E-state index contributed by atoms with van der Waals surface area (Å²) in [5, 5.41) is 11.7. The first-order valence-electron chi connectivity index (χ1n) is 5.11. The molecule has 1 aromatic rings. The molecule has 1 aromatic carbocycles. The summed E-state index contributed by atoms with van der Waals surface area (Å²) in [5.41, 5.74) is 0.460. The number of ether oxygens (including phenoxy) is 1. The number of nitriles is 1. The van der Waals surface area contributed by atoms with Crippen molar-refractivity contribution in [3.05, 3.63) is 18.2 Å². The molecule has 17 heavy (non-hydrogen) atoms. The number of hydrogen-bond donors (Lipinski definition) is 1. The van der Waals surface area contributed by atoms with Crippen LogP contribution in [-0.4, -0.2) is 27.3 Å². The van der Waals surface area contributed by atoms with Crippen molar-refractivity contribution in [2.24, 2.45) is 0 Å². The average molecular weight is 252 g/mol. The zero-order valence-corrected chi connectivity index (χ0v) is 10.1. The van der Waals surface area contributed by atoms with Gasteiger partial charge >= 0.3 is 0 Å². The zero-order chi connectivity index (χ0) is 12.5. The molecule has 0 aliphatic carbocycles. The van der Waals surface area contributed by atoms with Gasteiger partial charge in [0.05, 0.1) is 42.0 Å². The second kappa shape index (κ2) is 4.26. The molecule has 90 valence electrons. The Bertz CT molecular complexity index is 575. The number of fused-ring (bicyclic) bond motifs is 1. The van der Waals surface area contributed by atoms with Gasteiger partial charge in [-0.2, -0.15) is 5.26 Å². The SMILES string of the molecule is COc1cccc2c1NC(CC#N)CS2(=O)=O. The number of sulfone groups is 1. The van der Waals surface area contributed by atoms with Crippen molar-refractivity contribution in [3.63, 3.8) is 0 Å². The van der Waals surface area contributed by atoms with E-state index in [0.29, 0.717) is 11.4 Å². The number of methoxy groups -OCH3 is 1. The normalized spacial score (nSPS) is 20.8. The van der Waals surface area contributed by atoms with Crippen molar-refractivity contribution >= 4 is 15.5 Å². The lowest BCUT2D eigenvalue weighted by Crippen LogP contribution is -2.34. The fourth-order valence-corrected chi connectivity index (χ4v) is 3.57. The fraction of sp³-hybridized carbons (Fsp3) is 0.364. The first-order valence-corrected chi connectivity index (χ1v) is 6.77. The van der Waals surface area contributed by atoms with E-state index in [0.717, 1.165) is 0 Å². The Morgan fingerprint density at radius 3 is 3.00 bits per heavy atom. The lowest BCUT2D eigenvalue weighted by molar-refractivity contribution is 0.414. The number of nitrogens with one attached hydrogen (secondary N) is 1. The maximum absolute atomic E-state index is 12.0. The van der Waals surface area contributed by atoms with Crippen LogP contribution in [0.5, 0.6) is 5.75 Å². The van der Waals surface area contributed by atoms with Crippen molar-refractivity contribution in [3.8, 4) is 11.8 Å². The number of nitrogens with zero attached hydrogens (tertiary/aromatic N) is 1. The van der Waals surface area contributed by atoms with E-state index in [4.69, 9.17) is 10.00 Å². The van der Waals surface area contributed by atoms with Crippen LogP contribution in [0.1, 0.15) is 6.42 Å². The van der Waals surface area contributed by atoms with Crippen molar-refractivity contribution in [1.82, 2.24) is 0 Å². The summed E-state index contributed by atoms with van der Waals surface area (Å²) in [7, 11) is -1.86. The Morgan fingerprint density at radius 1 is 1.59 bits per heavy atom. The highest BCUT2D eigenvalue weighted by Gasteiger charge is 2.31. The maximum atomic E-state index is 12.0. The topological polar surface area (TPSA) is 79.2 Å². The number of hydrogen-bond acceptors (Lipinski definition) is 5. The number of benzene rings is 1. The van der Waals surface area contributed by atoms with Gasteiger partial charge in [0.1, 0.15) is 5.75 Å². The van der Waals surface area contributed by atoms with Crippen molar-refractivity contribution < 1.29 is 13.2 Å². The van der Waals surface area contributed by atoms with Gasteiger partial charge in [-0.05, 0) is 12.1 Å². The van der Waals surface area contributed by atoms with Crippen LogP contribution in [0, 0.1) is 11.3 Å². The van der Waals surface area contributed by atoms with Crippen LogP contribution >= 0.6 is 0 Å². The summed E-state index contributed by atoms with van der Waals surface area (Å²) >= 11 is 0. The van der Waals surface area contributed by atoms with E-state index in [2.05, 4.69) is 5.32 Å². The Hall–Kier alpha value is -1.74. The van der Waals surface area contributed by atoms with Crippen molar-refractivity contribution in [2.75, 3.05) is 18.2 Å². The summed E-state index contributed by atoms with van der Waals surface area (Å²) in [5.74, 6) is 0.425. The van der Waals surface area contributed by atoms with Gasteiger partial charge in [-0.3, -0.25) is 0 Å². The molecule has 1 N–H and O–H groups in total. The lowest BCUT2D eigenvalue weighted by atomic mass is 10.2. The van der Waals surface area contributed by atoms with Crippen molar-refractivity contribution in [1.29, 1.82) is 5.26 Å². The molecule has 1 aliphatic heterocycles. The molecule has 0 amide bonds. The molecule has 1 unspecified atom stereocenters. The van der Waals surface area contributed by atoms with Crippen LogP contribution in [0.15, 0.2) is 23.1 Å². The van der Waals surface area contributed by atoms with E-state index < -0.39 is 9.84 Å². The van der Waals surface area contributed by atoms with Crippen molar-refractivity contribution in [2.45, 2.75) is 17.4 Å². The standard InChI is InChI=1S/C11H12N2O3S/c1-16-9-3-2-4-10-11(9)13-8(5-6-12)7-17(10,14)15/h2-4,8,13H,5,7H2,1H3. The molecule has 0 saturated carbocycles. The maximum Gasteiger partial charge on any atom is 0.182 e. The first-order chi connectivity index (χ1) is 8.08. The van der Waals surface area contributed by atoms with E-state index in [-0.39, 0.29) is 23.1 Å². The Morgan fingerprint density at radius 2 is 2.35 bits per heavy atom. The van der Waals surface area contributed by atoms with Gasteiger partial charge in [0, 0.05) is 0 Å². The second-order valence-electron chi connectivity index (χ2n) is 3.82. The highest BCUT2D eigenvalue weighted by Crippen LogP contribution is 2.36. The molecule has 1 heterocycles. The molecule has 0 fully saturated rings. The summed E-state index contributed by atoms with van der Waals surface area (Å²) in [6, 6.07) is 6.47. The molecule has 1 aliphatic rings. The van der Waals surface area contributed by atoms with Crippen LogP contribution in [0.25, 0.3) is 0 Å². The van der Waals surface area contributed by atoms with Gasteiger partial charge in [-0.1, -0.05) is 6.07 Å². The van der Waals surface area contributed by atoms with Gasteiger partial charge in [0.25, 0.3) is 0 Å². The molecule has 5 nitrogen and oxygen atoms in total.